The third kappa shape index (κ3) is 5.12. The van der Waals surface area contributed by atoms with E-state index in [1.165, 1.54) is 15.7 Å². The highest BCUT2D eigenvalue weighted by molar-refractivity contribution is 7.98. The topological polar surface area (TPSA) is 24.8 Å². The number of benzene rings is 3. The van der Waals surface area contributed by atoms with Gasteiger partial charge in [0.2, 0.25) is 0 Å². The lowest BCUT2D eigenvalue weighted by Crippen LogP contribution is -2.14. The van der Waals surface area contributed by atoms with E-state index in [9.17, 15) is 0 Å². The van der Waals surface area contributed by atoms with E-state index >= 15 is 0 Å². The summed E-state index contributed by atoms with van der Waals surface area (Å²) in [6.07, 6.45) is 3.04. The second-order valence-corrected chi connectivity index (χ2v) is 7.56. The Morgan fingerprint density at radius 1 is 0.963 bits per heavy atom. The van der Waals surface area contributed by atoms with Crippen LogP contribution in [0.1, 0.15) is 17.5 Å². The first-order chi connectivity index (χ1) is 13.2. The maximum absolute atomic E-state index is 5.72. The third-order valence-corrected chi connectivity index (χ3v) is 5.15. The molecule has 0 N–H and O–H groups in total. The van der Waals surface area contributed by atoms with E-state index in [-0.39, 0.29) is 0 Å². The number of thioether (sulfide) groups is 1. The van der Waals surface area contributed by atoms with E-state index in [4.69, 9.17) is 4.84 Å². The lowest BCUT2D eigenvalue weighted by atomic mass is 9.97. The third-order valence-electron chi connectivity index (χ3n) is 4.41. The molecule has 0 amide bonds. The molecule has 0 aliphatic heterocycles. The molecular weight excluding hydrogens is 352 g/mol. The number of hydrogen-bond acceptors (Lipinski definition) is 4. The quantitative estimate of drug-likeness (QED) is 0.231. The zero-order chi connectivity index (χ0) is 19.1. The Kier molecular flexibility index (Phi) is 6.91. The van der Waals surface area contributed by atoms with Crippen LogP contribution in [0.5, 0.6) is 0 Å². The molecule has 0 saturated carbocycles. The van der Waals surface area contributed by atoms with Crippen LogP contribution >= 0.6 is 11.8 Å². The molecule has 0 bridgehead atoms. The highest BCUT2D eigenvalue weighted by atomic mass is 32.2. The molecule has 27 heavy (non-hydrogen) atoms. The fraction of sp³-hybridized carbons (Fsp3) is 0.261. The highest BCUT2D eigenvalue weighted by Gasteiger charge is 2.12. The van der Waals surface area contributed by atoms with Crippen molar-refractivity contribution in [3.05, 3.63) is 77.9 Å². The Morgan fingerprint density at radius 2 is 1.70 bits per heavy atom. The van der Waals surface area contributed by atoms with E-state index in [2.05, 4.69) is 97.1 Å². The van der Waals surface area contributed by atoms with Gasteiger partial charge < -0.3 is 9.74 Å². The van der Waals surface area contributed by atoms with Gasteiger partial charge in [-0.05, 0) is 49.7 Å². The van der Waals surface area contributed by atoms with Gasteiger partial charge in [0.15, 0.2) is 0 Å². The second kappa shape index (κ2) is 9.58. The summed E-state index contributed by atoms with van der Waals surface area (Å²) in [6, 6.07) is 23.2. The number of rotatable bonds is 8. The Balaban J connectivity index is 1.95. The normalized spacial score (nSPS) is 11.9. The van der Waals surface area contributed by atoms with Crippen LogP contribution in [0.2, 0.25) is 0 Å². The van der Waals surface area contributed by atoms with Crippen LogP contribution in [0.25, 0.3) is 10.8 Å². The average molecular weight is 379 g/mol. The molecule has 0 radical (unpaired) electrons. The molecule has 0 unspecified atom stereocenters. The second-order valence-electron chi connectivity index (χ2n) is 6.69. The molecule has 3 aromatic carbocycles. The van der Waals surface area contributed by atoms with Crippen LogP contribution in [0.3, 0.4) is 0 Å². The molecule has 0 atom stereocenters. The van der Waals surface area contributed by atoms with Crippen molar-refractivity contribution in [3.8, 4) is 0 Å². The molecular formula is C23H26N2OS. The van der Waals surface area contributed by atoms with Crippen LogP contribution in [0.15, 0.2) is 76.8 Å². The number of nitrogens with zero attached hydrogens (tertiary/aromatic N) is 2. The van der Waals surface area contributed by atoms with E-state index in [1.54, 1.807) is 11.8 Å². The summed E-state index contributed by atoms with van der Waals surface area (Å²) in [7, 11) is 4.14. The van der Waals surface area contributed by atoms with Crippen molar-refractivity contribution in [1.29, 1.82) is 0 Å². The largest absolute Gasteiger partial charge is 0.395 e. The standard InChI is InChI=1S/C23H26N2OS/c1-25(2)16-7-17-26-24-23(19-12-14-20(27-3)15-13-19)22-11-6-9-18-8-4-5-10-21(18)22/h4-6,8-15H,7,16-17H2,1-3H3/b24-23-. The lowest BCUT2D eigenvalue weighted by molar-refractivity contribution is 0.135. The molecule has 0 heterocycles. The first kappa shape index (κ1) is 19.5. The van der Waals surface area contributed by atoms with Crippen molar-refractivity contribution < 1.29 is 4.84 Å². The van der Waals surface area contributed by atoms with Crippen LogP contribution in [0.4, 0.5) is 0 Å². The summed E-state index contributed by atoms with van der Waals surface area (Å²) < 4.78 is 0. The number of fused-ring (bicyclic) bond motifs is 1. The molecule has 3 nitrogen and oxygen atoms in total. The molecule has 140 valence electrons. The van der Waals surface area contributed by atoms with Crippen molar-refractivity contribution >= 4 is 28.2 Å². The summed E-state index contributed by atoms with van der Waals surface area (Å²) in [6.45, 7) is 1.59. The van der Waals surface area contributed by atoms with Crippen molar-refractivity contribution in [2.75, 3.05) is 33.5 Å². The first-order valence-corrected chi connectivity index (χ1v) is 10.4. The minimum atomic E-state index is 0.606. The van der Waals surface area contributed by atoms with Crippen molar-refractivity contribution in [3.63, 3.8) is 0 Å². The van der Waals surface area contributed by atoms with Crippen LogP contribution in [-0.4, -0.2) is 44.1 Å². The molecule has 0 aliphatic carbocycles. The number of hydrogen-bond donors (Lipinski definition) is 0. The van der Waals surface area contributed by atoms with Gasteiger partial charge in [-0.2, -0.15) is 0 Å². The smallest absolute Gasteiger partial charge is 0.118 e. The lowest BCUT2D eigenvalue weighted by Gasteiger charge is -2.12. The van der Waals surface area contributed by atoms with Crippen molar-refractivity contribution in [2.45, 2.75) is 11.3 Å². The Hall–Kier alpha value is -2.30. The van der Waals surface area contributed by atoms with E-state index in [0.29, 0.717) is 6.61 Å². The molecule has 4 heteroatoms. The predicted octanol–water partition coefficient (Wildman–Crippen LogP) is 5.28. The molecule has 3 rings (SSSR count). The van der Waals surface area contributed by atoms with Gasteiger partial charge in [-0.25, -0.2) is 0 Å². The zero-order valence-electron chi connectivity index (χ0n) is 16.2. The van der Waals surface area contributed by atoms with Gasteiger partial charge >= 0.3 is 0 Å². The van der Waals surface area contributed by atoms with Gasteiger partial charge in [-0.1, -0.05) is 59.8 Å². The van der Waals surface area contributed by atoms with Gasteiger partial charge in [0.1, 0.15) is 12.3 Å². The minimum absolute atomic E-state index is 0.606. The minimum Gasteiger partial charge on any atom is -0.395 e. The van der Waals surface area contributed by atoms with E-state index < -0.39 is 0 Å². The fourth-order valence-electron chi connectivity index (χ4n) is 2.99. The summed E-state index contributed by atoms with van der Waals surface area (Å²) >= 11 is 1.74. The van der Waals surface area contributed by atoms with Crippen LogP contribution in [0, 0.1) is 0 Å². The monoisotopic (exact) mass is 378 g/mol. The molecule has 0 saturated heterocycles. The van der Waals surface area contributed by atoms with E-state index in [0.717, 1.165) is 29.8 Å². The molecule has 0 spiro atoms. The summed E-state index contributed by atoms with van der Waals surface area (Å²) in [5.41, 5.74) is 3.04. The van der Waals surface area contributed by atoms with Gasteiger partial charge in [0.05, 0.1) is 0 Å². The maximum Gasteiger partial charge on any atom is 0.118 e. The number of oxime groups is 1. The molecule has 0 aliphatic rings. The zero-order valence-corrected chi connectivity index (χ0v) is 17.0. The summed E-state index contributed by atoms with van der Waals surface area (Å²) in [5.74, 6) is 0. The van der Waals surface area contributed by atoms with Gasteiger partial charge in [-0.15, -0.1) is 11.8 Å². The van der Waals surface area contributed by atoms with Gasteiger partial charge in [0, 0.05) is 22.6 Å². The predicted molar refractivity (Wildman–Crippen MR) is 117 cm³/mol. The average Bonchev–Trinajstić information content (AvgIpc) is 2.70. The first-order valence-electron chi connectivity index (χ1n) is 9.16. The summed E-state index contributed by atoms with van der Waals surface area (Å²) in [5, 5.41) is 6.95. The molecule has 0 fully saturated rings. The van der Waals surface area contributed by atoms with Gasteiger partial charge in [0.25, 0.3) is 0 Å². The van der Waals surface area contributed by atoms with E-state index in [1.807, 2.05) is 0 Å². The summed E-state index contributed by atoms with van der Waals surface area (Å²) in [4.78, 5) is 9.11. The van der Waals surface area contributed by atoms with Crippen molar-refractivity contribution in [1.82, 2.24) is 4.90 Å². The highest BCUT2D eigenvalue weighted by Crippen LogP contribution is 2.23. The molecule has 0 aromatic heterocycles. The van der Waals surface area contributed by atoms with Crippen molar-refractivity contribution in [2.24, 2.45) is 5.16 Å². The van der Waals surface area contributed by atoms with Crippen LogP contribution < -0.4 is 0 Å². The van der Waals surface area contributed by atoms with Crippen LogP contribution in [-0.2, 0) is 4.84 Å². The Morgan fingerprint density at radius 3 is 2.44 bits per heavy atom. The maximum atomic E-state index is 5.72. The fourth-order valence-corrected chi connectivity index (χ4v) is 3.40. The molecule has 3 aromatic rings. The Bertz CT molecular complexity index is 898. The van der Waals surface area contributed by atoms with Gasteiger partial charge in [-0.3, -0.25) is 0 Å². The Labute approximate surface area is 166 Å². The SMILES string of the molecule is CSc1ccc(/C(=N/OCCCN(C)C)c2cccc3ccccc23)cc1.